The Morgan fingerprint density at radius 2 is 1.90 bits per heavy atom. The highest BCUT2D eigenvalue weighted by molar-refractivity contribution is 9.10. The van der Waals surface area contributed by atoms with E-state index in [0.29, 0.717) is 11.4 Å². The average Bonchev–Trinajstić information content (AvgIpc) is 2.43. The van der Waals surface area contributed by atoms with Gasteiger partial charge in [-0.25, -0.2) is 4.39 Å². The molecular weight excluding hydrogens is 335 g/mol. The van der Waals surface area contributed by atoms with Crippen LogP contribution in [0.2, 0.25) is 0 Å². The van der Waals surface area contributed by atoms with Gasteiger partial charge >= 0.3 is 0 Å². The monoisotopic (exact) mass is 346 g/mol. The molecule has 3 nitrogen and oxygen atoms in total. The van der Waals surface area contributed by atoms with Crippen LogP contribution < -0.4 is 10.5 Å². The summed E-state index contributed by atoms with van der Waals surface area (Å²) < 4.78 is 20.3. The summed E-state index contributed by atoms with van der Waals surface area (Å²) in [7, 11) is 0. The standard InChI is InChI=1S/C16H12BrFN2O/c1-9-6-15(12-8-11(19)3-5-14(12)20-9)21-16-7-10(17)2-4-13(16)18/h2-8H,19H2,1H3. The molecule has 0 amide bonds. The summed E-state index contributed by atoms with van der Waals surface area (Å²) in [5.74, 6) is 0.255. The van der Waals surface area contributed by atoms with Crippen molar-refractivity contribution in [3.8, 4) is 11.5 Å². The molecule has 0 unspecified atom stereocenters. The molecule has 0 spiro atoms. The number of nitrogen functional groups attached to an aromatic ring is 1. The number of aromatic nitrogens is 1. The number of fused-ring (bicyclic) bond motifs is 1. The highest BCUT2D eigenvalue weighted by atomic mass is 79.9. The van der Waals surface area contributed by atoms with Gasteiger partial charge in [0.05, 0.1) is 5.52 Å². The van der Waals surface area contributed by atoms with Gasteiger partial charge < -0.3 is 10.5 Å². The Bertz CT molecular complexity index is 836. The second-order valence-electron chi connectivity index (χ2n) is 4.72. The Morgan fingerprint density at radius 3 is 2.71 bits per heavy atom. The van der Waals surface area contributed by atoms with Gasteiger partial charge in [0, 0.05) is 27.3 Å². The van der Waals surface area contributed by atoms with E-state index in [4.69, 9.17) is 10.5 Å². The average molecular weight is 347 g/mol. The molecule has 1 aromatic heterocycles. The third-order valence-corrected chi connectivity index (χ3v) is 3.53. The van der Waals surface area contributed by atoms with Crippen molar-refractivity contribution in [2.45, 2.75) is 6.92 Å². The van der Waals surface area contributed by atoms with E-state index in [1.165, 1.54) is 6.07 Å². The molecule has 0 fully saturated rings. The van der Waals surface area contributed by atoms with Crippen LogP contribution in [-0.4, -0.2) is 4.98 Å². The first-order valence-electron chi connectivity index (χ1n) is 6.33. The number of anilines is 1. The molecular formula is C16H12BrFN2O. The Hall–Kier alpha value is -2.14. The first-order valence-corrected chi connectivity index (χ1v) is 7.12. The Labute approximate surface area is 129 Å². The number of nitrogens with two attached hydrogens (primary N) is 1. The number of hydrogen-bond donors (Lipinski definition) is 1. The zero-order valence-corrected chi connectivity index (χ0v) is 12.8. The van der Waals surface area contributed by atoms with E-state index < -0.39 is 5.82 Å². The maximum atomic E-state index is 13.8. The van der Waals surface area contributed by atoms with Gasteiger partial charge in [0.2, 0.25) is 0 Å². The van der Waals surface area contributed by atoms with Crippen molar-refractivity contribution in [2.75, 3.05) is 5.73 Å². The molecule has 0 aliphatic rings. The number of rotatable bonds is 2. The van der Waals surface area contributed by atoms with E-state index >= 15 is 0 Å². The molecule has 0 bridgehead atoms. The lowest BCUT2D eigenvalue weighted by molar-refractivity contribution is 0.445. The van der Waals surface area contributed by atoms with E-state index in [1.54, 1.807) is 30.3 Å². The fourth-order valence-corrected chi connectivity index (χ4v) is 2.44. The lowest BCUT2D eigenvalue weighted by Crippen LogP contribution is -1.94. The third kappa shape index (κ3) is 2.83. The number of nitrogens with zero attached hydrogens (tertiary/aromatic N) is 1. The lowest BCUT2D eigenvalue weighted by Gasteiger charge is -2.11. The quantitative estimate of drug-likeness (QED) is 0.676. The fourth-order valence-electron chi connectivity index (χ4n) is 2.10. The molecule has 0 saturated heterocycles. The number of pyridine rings is 1. The highest BCUT2D eigenvalue weighted by Gasteiger charge is 2.10. The van der Waals surface area contributed by atoms with E-state index in [9.17, 15) is 4.39 Å². The molecule has 0 saturated carbocycles. The summed E-state index contributed by atoms with van der Waals surface area (Å²) in [4.78, 5) is 4.42. The van der Waals surface area contributed by atoms with Crippen molar-refractivity contribution in [1.29, 1.82) is 0 Å². The van der Waals surface area contributed by atoms with E-state index in [2.05, 4.69) is 20.9 Å². The van der Waals surface area contributed by atoms with Crippen molar-refractivity contribution >= 4 is 32.5 Å². The number of aryl methyl sites for hydroxylation is 1. The van der Waals surface area contributed by atoms with Crippen LogP contribution in [0.25, 0.3) is 10.9 Å². The molecule has 3 rings (SSSR count). The number of hydrogen-bond acceptors (Lipinski definition) is 3. The summed E-state index contributed by atoms with van der Waals surface area (Å²) >= 11 is 3.31. The van der Waals surface area contributed by atoms with Crippen LogP contribution >= 0.6 is 15.9 Å². The fraction of sp³-hybridized carbons (Fsp3) is 0.0625. The molecule has 0 aliphatic carbocycles. The summed E-state index contributed by atoms with van der Waals surface area (Å²) in [6.45, 7) is 1.86. The molecule has 21 heavy (non-hydrogen) atoms. The summed E-state index contributed by atoms with van der Waals surface area (Å²) in [6.07, 6.45) is 0. The van der Waals surface area contributed by atoms with E-state index in [0.717, 1.165) is 21.1 Å². The zero-order valence-electron chi connectivity index (χ0n) is 11.2. The number of ether oxygens (including phenoxy) is 1. The van der Waals surface area contributed by atoms with Crippen LogP contribution in [0.4, 0.5) is 10.1 Å². The molecule has 1 heterocycles. The van der Waals surface area contributed by atoms with Gasteiger partial charge in [-0.3, -0.25) is 4.98 Å². The second kappa shape index (κ2) is 5.33. The number of benzene rings is 2. The largest absolute Gasteiger partial charge is 0.453 e. The molecule has 2 N–H and O–H groups in total. The number of halogens is 2. The summed E-state index contributed by atoms with van der Waals surface area (Å²) in [5.41, 5.74) is 7.97. The van der Waals surface area contributed by atoms with Gasteiger partial charge in [-0.05, 0) is 43.3 Å². The van der Waals surface area contributed by atoms with Crippen LogP contribution in [0.1, 0.15) is 5.69 Å². The predicted octanol–water partition coefficient (Wildman–Crippen LogP) is 4.82. The highest BCUT2D eigenvalue weighted by Crippen LogP contribution is 2.33. The summed E-state index contributed by atoms with van der Waals surface area (Å²) in [5, 5.41) is 0.750. The minimum atomic E-state index is -0.426. The maximum Gasteiger partial charge on any atom is 0.165 e. The molecule has 0 radical (unpaired) electrons. The molecule has 3 aromatic rings. The van der Waals surface area contributed by atoms with Gasteiger partial charge in [0.15, 0.2) is 11.6 Å². The minimum Gasteiger partial charge on any atom is -0.453 e. The van der Waals surface area contributed by atoms with E-state index in [-0.39, 0.29) is 5.75 Å². The zero-order chi connectivity index (χ0) is 15.0. The normalized spacial score (nSPS) is 10.8. The molecule has 106 valence electrons. The molecule has 5 heteroatoms. The van der Waals surface area contributed by atoms with Crippen molar-refractivity contribution in [1.82, 2.24) is 4.98 Å². The third-order valence-electron chi connectivity index (χ3n) is 3.04. The SMILES string of the molecule is Cc1cc(Oc2cc(Br)ccc2F)c2cc(N)ccc2n1. The maximum absolute atomic E-state index is 13.8. The predicted molar refractivity (Wildman–Crippen MR) is 85.1 cm³/mol. The Balaban J connectivity index is 2.15. The van der Waals surface area contributed by atoms with Crippen molar-refractivity contribution in [3.63, 3.8) is 0 Å². The molecule has 0 atom stereocenters. The minimum absolute atomic E-state index is 0.152. The van der Waals surface area contributed by atoms with Gasteiger partial charge in [-0.15, -0.1) is 0 Å². The smallest absolute Gasteiger partial charge is 0.165 e. The van der Waals surface area contributed by atoms with Gasteiger partial charge in [-0.2, -0.15) is 0 Å². The van der Waals surface area contributed by atoms with Crippen molar-refractivity contribution < 1.29 is 9.13 Å². The molecule has 0 aliphatic heterocycles. The Morgan fingerprint density at radius 1 is 1.10 bits per heavy atom. The van der Waals surface area contributed by atoms with Crippen LogP contribution in [-0.2, 0) is 0 Å². The lowest BCUT2D eigenvalue weighted by atomic mass is 10.1. The first kappa shape index (κ1) is 13.8. The second-order valence-corrected chi connectivity index (χ2v) is 5.63. The van der Waals surface area contributed by atoms with Crippen LogP contribution in [0.3, 0.4) is 0 Å². The van der Waals surface area contributed by atoms with Crippen molar-refractivity contribution in [2.24, 2.45) is 0 Å². The Kier molecular flexibility index (Phi) is 3.51. The van der Waals surface area contributed by atoms with Gasteiger partial charge in [-0.1, -0.05) is 15.9 Å². The first-order chi connectivity index (χ1) is 10.0. The van der Waals surface area contributed by atoms with Crippen LogP contribution in [0.5, 0.6) is 11.5 Å². The van der Waals surface area contributed by atoms with Crippen molar-refractivity contribution in [3.05, 3.63) is 58.4 Å². The van der Waals surface area contributed by atoms with Gasteiger partial charge in [0.25, 0.3) is 0 Å². The summed E-state index contributed by atoms with van der Waals surface area (Å²) in [6, 6.07) is 11.7. The van der Waals surface area contributed by atoms with Crippen LogP contribution in [0, 0.1) is 12.7 Å². The molecule has 2 aromatic carbocycles. The van der Waals surface area contributed by atoms with Gasteiger partial charge in [0.1, 0.15) is 5.75 Å². The topological polar surface area (TPSA) is 48.1 Å². The van der Waals surface area contributed by atoms with E-state index in [1.807, 2.05) is 13.0 Å². The van der Waals surface area contributed by atoms with Crippen LogP contribution in [0.15, 0.2) is 46.9 Å².